The van der Waals surface area contributed by atoms with Crippen molar-refractivity contribution in [1.82, 2.24) is 9.55 Å². The van der Waals surface area contributed by atoms with E-state index < -0.39 is 4.92 Å². The monoisotopic (exact) mass is 332 g/mol. The number of rotatable bonds is 6. The van der Waals surface area contributed by atoms with Crippen molar-refractivity contribution >= 4 is 29.0 Å². The van der Waals surface area contributed by atoms with Gasteiger partial charge < -0.3 is 9.88 Å². The van der Waals surface area contributed by atoms with Gasteiger partial charge in [-0.25, -0.2) is 4.98 Å². The fourth-order valence-electron chi connectivity index (χ4n) is 2.26. The van der Waals surface area contributed by atoms with Crippen LogP contribution in [0.1, 0.15) is 24.4 Å². The molecule has 23 heavy (non-hydrogen) atoms. The molecule has 0 radical (unpaired) electrons. The standard InChI is InChI=1S/C15H16N4O3S/c1-10-2-5-12(13(8-10)19(21)22)17-14(20)9-23-15-16-6-7-18(15)11-3-4-11/h2,5-8,11H,3-4,9H2,1H3,(H,17,20). The minimum atomic E-state index is -0.491. The summed E-state index contributed by atoms with van der Waals surface area (Å²) in [5.41, 5.74) is 0.898. The summed E-state index contributed by atoms with van der Waals surface area (Å²) in [5, 5.41) is 14.5. The van der Waals surface area contributed by atoms with Gasteiger partial charge in [-0.2, -0.15) is 0 Å². The molecule has 1 heterocycles. The second-order valence-corrected chi connectivity index (χ2v) is 6.41. The summed E-state index contributed by atoms with van der Waals surface area (Å²) < 4.78 is 2.08. The molecule has 0 spiro atoms. The number of nitro groups is 1. The SMILES string of the molecule is Cc1ccc(NC(=O)CSc2nccn2C2CC2)c([N+](=O)[O-])c1. The number of anilines is 1. The number of amides is 1. The largest absolute Gasteiger partial charge is 0.323 e. The van der Waals surface area contributed by atoms with Gasteiger partial charge >= 0.3 is 0 Å². The first-order valence-corrected chi connectivity index (χ1v) is 8.23. The van der Waals surface area contributed by atoms with Gasteiger partial charge in [-0.3, -0.25) is 14.9 Å². The van der Waals surface area contributed by atoms with E-state index in [-0.39, 0.29) is 23.0 Å². The molecule has 1 saturated carbocycles. The molecule has 0 unspecified atom stereocenters. The fraction of sp³-hybridized carbons (Fsp3) is 0.333. The zero-order chi connectivity index (χ0) is 16.4. The van der Waals surface area contributed by atoms with Gasteiger partial charge in [-0.1, -0.05) is 17.8 Å². The van der Waals surface area contributed by atoms with Crippen LogP contribution in [0.5, 0.6) is 0 Å². The molecule has 0 atom stereocenters. The highest BCUT2D eigenvalue weighted by Gasteiger charge is 2.25. The van der Waals surface area contributed by atoms with Crippen LogP contribution >= 0.6 is 11.8 Å². The summed E-state index contributed by atoms with van der Waals surface area (Å²) in [5.74, 6) is -0.123. The maximum Gasteiger partial charge on any atom is 0.293 e. The molecule has 8 heteroatoms. The first-order valence-electron chi connectivity index (χ1n) is 7.25. The summed E-state index contributed by atoms with van der Waals surface area (Å²) in [6, 6.07) is 5.24. The average Bonchev–Trinajstić information content (AvgIpc) is 3.25. The van der Waals surface area contributed by atoms with E-state index in [9.17, 15) is 14.9 Å². The van der Waals surface area contributed by atoms with Crippen LogP contribution in [0.4, 0.5) is 11.4 Å². The number of nitrogens with one attached hydrogen (secondary N) is 1. The Morgan fingerprint density at radius 3 is 3.00 bits per heavy atom. The van der Waals surface area contributed by atoms with Crippen LogP contribution in [-0.2, 0) is 4.79 Å². The van der Waals surface area contributed by atoms with E-state index in [1.165, 1.54) is 17.8 Å². The molecule has 3 rings (SSSR count). The lowest BCUT2D eigenvalue weighted by atomic mass is 10.2. The van der Waals surface area contributed by atoms with Crippen LogP contribution in [0.15, 0.2) is 35.7 Å². The Hall–Kier alpha value is -2.35. The van der Waals surface area contributed by atoms with E-state index in [0.29, 0.717) is 6.04 Å². The Morgan fingerprint density at radius 1 is 1.52 bits per heavy atom. The molecular weight excluding hydrogens is 316 g/mol. The van der Waals surface area contributed by atoms with E-state index in [4.69, 9.17) is 0 Å². The summed E-state index contributed by atoms with van der Waals surface area (Å²) in [7, 11) is 0. The first kappa shape index (κ1) is 15.5. The molecule has 0 saturated heterocycles. The quantitative estimate of drug-likeness (QED) is 0.498. The Labute approximate surface area is 137 Å². The lowest BCUT2D eigenvalue weighted by Gasteiger charge is -2.07. The molecule has 2 aromatic rings. The summed E-state index contributed by atoms with van der Waals surface area (Å²) in [4.78, 5) is 26.9. The molecule has 0 bridgehead atoms. The number of thioether (sulfide) groups is 1. The van der Waals surface area contributed by atoms with E-state index in [1.54, 1.807) is 25.3 Å². The number of imidazole rings is 1. The molecule has 1 fully saturated rings. The van der Waals surface area contributed by atoms with Crippen molar-refractivity contribution in [1.29, 1.82) is 0 Å². The maximum atomic E-state index is 12.1. The van der Waals surface area contributed by atoms with Crippen molar-refractivity contribution in [2.24, 2.45) is 0 Å². The fourth-order valence-corrected chi connectivity index (χ4v) is 3.08. The average molecular weight is 332 g/mol. The lowest BCUT2D eigenvalue weighted by Crippen LogP contribution is -2.15. The highest BCUT2D eigenvalue weighted by atomic mass is 32.2. The molecule has 120 valence electrons. The predicted molar refractivity (Wildman–Crippen MR) is 87.7 cm³/mol. The van der Waals surface area contributed by atoms with E-state index >= 15 is 0 Å². The molecule has 1 aliphatic rings. The van der Waals surface area contributed by atoms with Crippen LogP contribution in [0.25, 0.3) is 0 Å². The van der Waals surface area contributed by atoms with E-state index in [0.717, 1.165) is 23.6 Å². The first-order chi connectivity index (χ1) is 11.0. The Bertz CT molecular complexity index is 755. The van der Waals surface area contributed by atoms with Gasteiger partial charge in [0.1, 0.15) is 5.69 Å². The number of hydrogen-bond acceptors (Lipinski definition) is 5. The van der Waals surface area contributed by atoms with Crippen LogP contribution in [-0.4, -0.2) is 26.1 Å². The summed E-state index contributed by atoms with van der Waals surface area (Å²) in [6.07, 6.45) is 5.93. The maximum absolute atomic E-state index is 12.1. The van der Waals surface area contributed by atoms with Crippen LogP contribution < -0.4 is 5.32 Å². The van der Waals surface area contributed by atoms with Crippen molar-refractivity contribution in [2.45, 2.75) is 31.0 Å². The lowest BCUT2D eigenvalue weighted by molar-refractivity contribution is -0.384. The van der Waals surface area contributed by atoms with Crippen molar-refractivity contribution in [3.05, 3.63) is 46.3 Å². The topological polar surface area (TPSA) is 90.1 Å². The van der Waals surface area contributed by atoms with Crippen LogP contribution in [0.3, 0.4) is 0 Å². The van der Waals surface area contributed by atoms with E-state index in [2.05, 4.69) is 14.9 Å². The predicted octanol–water partition coefficient (Wildman–Crippen LogP) is 3.17. The van der Waals surface area contributed by atoms with Gasteiger partial charge in [0.2, 0.25) is 5.91 Å². The third kappa shape index (κ3) is 3.70. The second kappa shape index (κ2) is 6.41. The molecule has 1 aromatic carbocycles. The number of nitro benzene ring substituents is 1. The number of aromatic nitrogens is 2. The minimum Gasteiger partial charge on any atom is -0.323 e. The van der Waals surface area contributed by atoms with Gasteiger partial charge in [-0.15, -0.1) is 0 Å². The zero-order valence-corrected chi connectivity index (χ0v) is 13.4. The van der Waals surface area contributed by atoms with Gasteiger partial charge in [0.15, 0.2) is 5.16 Å². The van der Waals surface area contributed by atoms with E-state index in [1.807, 2.05) is 6.20 Å². The normalized spacial score (nSPS) is 13.8. The Balaban J connectivity index is 1.63. The number of nitrogens with zero attached hydrogens (tertiary/aromatic N) is 3. The van der Waals surface area contributed by atoms with Crippen molar-refractivity contribution in [2.75, 3.05) is 11.1 Å². The molecule has 1 aliphatic carbocycles. The Morgan fingerprint density at radius 2 is 2.30 bits per heavy atom. The zero-order valence-electron chi connectivity index (χ0n) is 12.6. The molecule has 1 aromatic heterocycles. The molecule has 1 N–H and O–H groups in total. The number of benzene rings is 1. The van der Waals surface area contributed by atoms with Gasteiger partial charge in [0.25, 0.3) is 5.69 Å². The number of hydrogen-bond donors (Lipinski definition) is 1. The van der Waals surface area contributed by atoms with Crippen molar-refractivity contribution < 1.29 is 9.72 Å². The molecule has 7 nitrogen and oxygen atoms in total. The number of carbonyl (C=O) groups is 1. The second-order valence-electron chi connectivity index (χ2n) is 5.46. The summed E-state index contributed by atoms with van der Waals surface area (Å²) >= 11 is 1.34. The smallest absolute Gasteiger partial charge is 0.293 e. The molecular formula is C15H16N4O3S. The van der Waals surface area contributed by atoms with Crippen LogP contribution in [0, 0.1) is 17.0 Å². The highest BCUT2D eigenvalue weighted by molar-refractivity contribution is 7.99. The van der Waals surface area contributed by atoms with Gasteiger partial charge in [-0.05, 0) is 31.4 Å². The number of carbonyl (C=O) groups excluding carboxylic acids is 1. The van der Waals surface area contributed by atoms with Gasteiger partial charge in [0, 0.05) is 24.5 Å². The third-order valence-corrected chi connectivity index (χ3v) is 4.51. The molecule has 1 amide bonds. The van der Waals surface area contributed by atoms with Crippen LogP contribution in [0.2, 0.25) is 0 Å². The summed E-state index contributed by atoms with van der Waals surface area (Å²) in [6.45, 7) is 1.77. The number of aryl methyl sites for hydroxylation is 1. The minimum absolute atomic E-state index is 0.0946. The van der Waals surface area contributed by atoms with Gasteiger partial charge in [0.05, 0.1) is 10.7 Å². The molecule has 0 aliphatic heterocycles. The highest BCUT2D eigenvalue weighted by Crippen LogP contribution is 2.37. The van der Waals surface area contributed by atoms with Crippen molar-refractivity contribution in [3.8, 4) is 0 Å². The Kier molecular flexibility index (Phi) is 4.33. The third-order valence-electron chi connectivity index (χ3n) is 3.53. The van der Waals surface area contributed by atoms with Crippen molar-refractivity contribution in [3.63, 3.8) is 0 Å².